The van der Waals surface area contributed by atoms with Crippen LogP contribution in [0.5, 0.6) is 5.75 Å². The second-order valence-electron chi connectivity index (χ2n) is 8.02. The molecule has 0 spiro atoms. The Morgan fingerprint density at radius 2 is 1.62 bits per heavy atom. The lowest BCUT2D eigenvalue weighted by Gasteiger charge is -2.38. The summed E-state index contributed by atoms with van der Waals surface area (Å²) in [6.45, 7) is -2.38. The fourth-order valence-corrected chi connectivity index (χ4v) is 3.60. The van der Waals surface area contributed by atoms with Crippen LogP contribution in [0.15, 0.2) is 65.9 Å². The molecular weight excluding hydrogens is 511 g/mol. The van der Waals surface area contributed by atoms with Gasteiger partial charge in [0.15, 0.2) is 12.2 Å². The lowest BCUT2D eigenvalue weighted by molar-refractivity contribution is -0.206. The molecule has 3 N–H and O–H groups in total. The number of alkyl halides is 5. The molecule has 1 unspecified atom stereocenters. The van der Waals surface area contributed by atoms with Crippen LogP contribution in [-0.4, -0.2) is 40.8 Å². The lowest BCUT2D eigenvalue weighted by Crippen LogP contribution is -2.54. The Morgan fingerprint density at radius 3 is 2.19 bits per heavy atom. The summed E-state index contributed by atoms with van der Waals surface area (Å²) in [5, 5.41) is 15.7. The van der Waals surface area contributed by atoms with Gasteiger partial charge < -0.3 is 9.84 Å². The number of aromatic nitrogens is 1. The van der Waals surface area contributed by atoms with Gasteiger partial charge in [-0.25, -0.2) is 14.3 Å². The predicted molar refractivity (Wildman–Crippen MR) is 117 cm³/mol. The molecule has 14 heteroatoms. The molecule has 0 aliphatic carbocycles. The first-order chi connectivity index (χ1) is 17.4. The molecule has 4 rings (SSSR count). The maximum Gasteiger partial charge on any atom is 0.422 e. The van der Waals surface area contributed by atoms with E-state index in [-0.39, 0.29) is 5.75 Å². The first-order valence-electron chi connectivity index (χ1n) is 10.5. The highest BCUT2D eigenvalue weighted by Crippen LogP contribution is 2.46. The van der Waals surface area contributed by atoms with Crippen molar-refractivity contribution in [1.82, 2.24) is 21.1 Å². The number of benzene rings is 2. The summed E-state index contributed by atoms with van der Waals surface area (Å²) in [6, 6.07) is 9.37. The van der Waals surface area contributed by atoms with Gasteiger partial charge in [-0.15, -0.1) is 5.53 Å². The van der Waals surface area contributed by atoms with Crippen molar-refractivity contribution >= 4 is 6.34 Å². The molecule has 0 fully saturated rings. The first-order valence-corrected chi connectivity index (χ1v) is 10.5. The van der Waals surface area contributed by atoms with Crippen molar-refractivity contribution in [2.45, 2.75) is 17.7 Å². The number of rotatable bonds is 8. The van der Waals surface area contributed by atoms with Gasteiger partial charge in [0.1, 0.15) is 29.4 Å². The Kier molecular flexibility index (Phi) is 6.97. The summed E-state index contributed by atoms with van der Waals surface area (Å²) in [5.41, 5.74) is 0.366. The Bertz CT molecular complexity index is 1270. The molecule has 0 saturated carbocycles. The van der Waals surface area contributed by atoms with Gasteiger partial charge in [0.2, 0.25) is 0 Å². The Balaban J connectivity index is 1.62. The van der Waals surface area contributed by atoms with Gasteiger partial charge in [-0.1, -0.05) is 18.2 Å². The van der Waals surface area contributed by atoms with Gasteiger partial charge in [0.05, 0.1) is 6.54 Å². The van der Waals surface area contributed by atoms with Crippen molar-refractivity contribution in [3.63, 3.8) is 0 Å². The van der Waals surface area contributed by atoms with Crippen molar-refractivity contribution in [3.8, 4) is 16.9 Å². The van der Waals surface area contributed by atoms with Crippen molar-refractivity contribution in [2.24, 2.45) is 5.10 Å². The molecule has 1 aromatic heterocycles. The number of pyridine rings is 1. The molecule has 0 radical (unpaired) electrons. The summed E-state index contributed by atoms with van der Waals surface area (Å²) < 4.78 is 101. The second kappa shape index (κ2) is 9.86. The number of nitrogens with zero attached hydrogens (tertiary/aromatic N) is 3. The van der Waals surface area contributed by atoms with Gasteiger partial charge in [0, 0.05) is 23.4 Å². The number of hydrogen-bond acceptors (Lipinski definition) is 7. The van der Waals surface area contributed by atoms with Crippen LogP contribution in [0.4, 0.5) is 30.7 Å². The fraction of sp³-hybridized carbons (Fsp3) is 0.217. The average molecular weight is 529 g/mol. The number of hydrazine groups is 2. The van der Waals surface area contributed by atoms with E-state index in [9.17, 15) is 27.1 Å². The topological polar surface area (TPSA) is 82.0 Å². The Hall–Kier alpha value is -3.91. The molecule has 2 aromatic carbocycles. The van der Waals surface area contributed by atoms with Crippen LogP contribution < -0.4 is 15.8 Å². The molecule has 1 aliphatic rings. The van der Waals surface area contributed by atoms with Crippen molar-refractivity contribution in [3.05, 3.63) is 83.7 Å². The molecule has 37 heavy (non-hydrogen) atoms. The second-order valence-corrected chi connectivity index (χ2v) is 8.02. The predicted octanol–water partition coefficient (Wildman–Crippen LogP) is 4.22. The monoisotopic (exact) mass is 529 g/mol. The Morgan fingerprint density at radius 1 is 0.919 bits per heavy atom. The highest BCUT2D eigenvalue weighted by molar-refractivity contribution is 5.63. The van der Waals surface area contributed by atoms with Crippen molar-refractivity contribution in [2.75, 3.05) is 13.2 Å². The van der Waals surface area contributed by atoms with Crippen LogP contribution in [0.1, 0.15) is 11.3 Å². The smallest absolute Gasteiger partial charge is 0.422 e. The normalized spacial score (nSPS) is 15.4. The summed E-state index contributed by atoms with van der Waals surface area (Å²) in [6.07, 6.45) is -2.40. The van der Waals surface area contributed by atoms with E-state index >= 15 is 8.78 Å². The van der Waals surface area contributed by atoms with Gasteiger partial charge in [0.25, 0.3) is 0 Å². The third kappa shape index (κ3) is 5.59. The first kappa shape index (κ1) is 26.2. The molecule has 0 saturated heterocycles. The van der Waals surface area contributed by atoms with E-state index in [0.29, 0.717) is 17.2 Å². The van der Waals surface area contributed by atoms with E-state index in [2.05, 4.69) is 25.9 Å². The largest absolute Gasteiger partial charge is 0.484 e. The van der Waals surface area contributed by atoms with Crippen molar-refractivity contribution in [1.29, 1.82) is 0 Å². The van der Waals surface area contributed by atoms with Gasteiger partial charge in [-0.3, -0.25) is 9.99 Å². The zero-order valence-electron chi connectivity index (χ0n) is 18.6. The van der Waals surface area contributed by atoms with E-state index in [1.807, 2.05) is 0 Å². The molecule has 2 heterocycles. The third-order valence-corrected chi connectivity index (χ3v) is 5.43. The minimum absolute atomic E-state index is 0.0443. The molecule has 1 atom stereocenters. The molecule has 196 valence electrons. The third-order valence-electron chi connectivity index (χ3n) is 5.43. The van der Waals surface area contributed by atoms with E-state index < -0.39 is 53.7 Å². The number of nitrogens with one attached hydrogen (secondary N) is 2. The van der Waals surface area contributed by atoms with Gasteiger partial charge >= 0.3 is 12.1 Å². The Labute approximate surface area is 205 Å². The highest BCUT2D eigenvalue weighted by atomic mass is 19.4. The number of hydrazone groups is 1. The number of aliphatic hydroxyl groups is 1. The fourth-order valence-electron chi connectivity index (χ4n) is 3.60. The maximum absolute atomic E-state index is 15.8. The number of ether oxygens (including phenoxy) is 1. The summed E-state index contributed by atoms with van der Waals surface area (Å²) in [5.74, 6) is -6.66. The van der Waals surface area contributed by atoms with Gasteiger partial charge in [-0.2, -0.15) is 27.1 Å². The van der Waals surface area contributed by atoms with E-state index in [4.69, 9.17) is 0 Å². The van der Waals surface area contributed by atoms with Crippen LogP contribution in [0.3, 0.4) is 0 Å². The number of halogens is 7. The number of β-amino-alcohol motifs (C(OH)–C–C–N with tert-alkyl or cyclic N) is 1. The van der Waals surface area contributed by atoms with Crippen LogP contribution in [-0.2, 0) is 11.5 Å². The highest BCUT2D eigenvalue weighted by Gasteiger charge is 2.58. The lowest BCUT2D eigenvalue weighted by atomic mass is 9.84. The maximum atomic E-state index is 15.8. The van der Waals surface area contributed by atoms with Gasteiger partial charge in [-0.05, 0) is 35.9 Å². The van der Waals surface area contributed by atoms with Crippen LogP contribution in [0.25, 0.3) is 11.1 Å². The summed E-state index contributed by atoms with van der Waals surface area (Å²) >= 11 is 0. The molecule has 1 aliphatic heterocycles. The van der Waals surface area contributed by atoms with E-state index in [0.717, 1.165) is 35.7 Å². The van der Waals surface area contributed by atoms with Crippen LogP contribution in [0.2, 0.25) is 0 Å². The van der Waals surface area contributed by atoms with Crippen LogP contribution >= 0.6 is 0 Å². The van der Waals surface area contributed by atoms with E-state index in [1.54, 1.807) is 0 Å². The zero-order chi connectivity index (χ0) is 26.8. The van der Waals surface area contributed by atoms with Crippen LogP contribution in [0, 0.1) is 11.6 Å². The number of hydrogen-bond donors (Lipinski definition) is 3. The van der Waals surface area contributed by atoms with Crippen molar-refractivity contribution < 1.29 is 40.6 Å². The quantitative estimate of drug-likeness (QED) is 0.380. The molecule has 7 nitrogen and oxygen atoms in total. The minimum Gasteiger partial charge on any atom is -0.484 e. The average Bonchev–Trinajstić information content (AvgIpc) is 3.35. The summed E-state index contributed by atoms with van der Waals surface area (Å²) in [4.78, 5) is 3.76. The SMILES string of the molecule is OC(CN1C=NNN1)(c1ccc(F)cc1F)C(F)(F)c1ccc(-c2ccc(OCC(F)(F)F)cc2)cn1. The molecule has 0 amide bonds. The standard InChI is InChI=1S/C23H18F7N5O2/c24-16-4-7-18(19(25)9-16)21(36,11-35-13-32-33-34-35)23(29,30)20-8-3-15(10-31-20)14-1-5-17(6-2-14)37-12-22(26,27)28/h1-10,13,33-34,36H,11-12H2. The zero-order valence-corrected chi connectivity index (χ0v) is 18.6. The molecular formula is C23H18F7N5O2. The van der Waals surface area contributed by atoms with E-state index in [1.165, 1.54) is 30.3 Å². The summed E-state index contributed by atoms with van der Waals surface area (Å²) in [7, 11) is 0. The molecule has 3 aromatic rings. The minimum atomic E-state index is -4.50. The molecule has 0 bridgehead atoms.